The van der Waals surface area contributed by atoms with Crippen molar-refractivity contribution in [3.05, 3.63) is 0 Å². The van der Waals surface area contributed by atoms with Gasteiger partial charge in [0.1, 0.15) is 0 Å². The molecular formula is C10H20N2O2. The number of piperazine rings is 1. The second kappa shape index (κ2) is 5.32. The van der Waals surface area contributed by atoms with Gasteiger partial charge in [0.2, 0.25) is 0 Å². The molecule has 1 fully saturated rings. The summed E-state index contributed by atoms with van der Waals surface area (Å²) in [6, 6.07) is 0.522. The van der Waals surface area contributed by atoms with Crippen molar-refractivity contribution in [3.63, 3.8) is 0 Å². The summed E-state index contributed by atoms with van der Waals surface area (Å²) in [5.41, 5.74) is 0. The van der Waals surface area contributed by atoms with E-state index in [0.717, 1.165) is 26.2 Å². The highest BCUT2D eigenvalue weighted by Crippen LogP contribution is 2.05. The lowest BCUT2D eigenvalue weighted by atomic mass is 10.1. The summed E-state index contributed by atoms with van der Waals surface area (Å²) in [6.45, 7) is 7.92. The number of carbonyl (C=O) groups is 1. The van der Waals surface area contributed by atoms with Gasteiger partial charge in [-0.3, -0.25) is 9.69 Å². The molecule has 0 aromatic rings. The van der Waals surface area contributed by atoms with Gasteiger partial charge in [0.05, 0.1) is 13.0 Å². The van der Waals surface area contributed by atoms with E-state index in [9.17, 15) is 4.79 Å². The summed E-state index contributed by atoms with van der Waals surface area (Å²) in [7, 11) is 1.44. The molecule has 1 aliphatic rings. The van der Waals surface area contributed by atoms with Gasteiger partial charge in [0.15, 0.2) is 0 Å². The van der Waals surface area contributed by atoms with Gasteiger partial charge in [-0.2, -0.15) is 0 Å². The SMILES string of the molecule is COC(=O)C(C)CN1CCNC(C)C1. The van der Waals surface area contributed by atoms with Gasteiger partial charge in [-0.1, -0.05) is 6.92 Å². The predicted molar refractivity (Wildman–Crippen MR) is 55.1 cm³/mol. The van der Waals surface area contributed by atoms with E-state index in [4.69, 9.17) is 4.74 Å². The van der Waals surface area contributed by atoms with Crippen molar-refractivity contribution >= 4 is 5.97 Å². The van der Waals surface area contributed by atoms with E-state index in [-0.39, 0.29) is 11.9 Å². The average Bonchev–Trinajstić information content (AvgIpc) is 2.16. The standard InChI is InChI=1S/C10H20N2O2/c1-8(10(13)14-3)6-12-5-4-11-9(2)7-12/h8-9,11H,4-7H2,1-3H3. The van der Waals surface area contributed by atoms with Gasteiger partial charge < -0.3 is 10.1 Å². The van der Waals surface area contributed by atoms with E-state index in [0.29, 0.717) is 6.04 Å². The van der Waals surface area contributed by atoms with E-state index >= 15 is 0 Å². The van der Waals surface area contributed by atoms with Crippen molar-refractivity contribution in [3.8, 4) is 0 Å². The minimum atomic E-state index is -0.115. The Kier molecular flexibility index (Phi) is 4.35. The van der Waals surface area contributed by atoms with E-state index < -0.39 is 0 Å². The fourth-order valence-electron chi connectivity index (χ4n) is 1.84. The van der Waals surface area contributed by atoms with Crippen LogP contribution in [0.1, 0.15) is 13.8 Å². The largest absolute Gasteiger partial charge is 0.469 e. The second-order valence-corrected chi connectivity index (χ2v) is 4.04. The van der Waals surface area contributed by atoms with Crippen LogP contribution in [0.5, 0.6) is 0 Å². The molecule has 0 amide bonds. The van der Waals surface area contributed by atoms with Gasteiger partial charge in [0.25, 0.3) is 0 Å². The maximum Gasteiger partial charge on any atom is 0.309 e. The van der Waals surface area contributed by atoms with Crippen molar-refractivity contribution in [2.75, 3.05) is 33.3 Å². The molecule has 0 aromatic heterocycles. The first-order valence-corrected chi connectivity index (χ1v) is 5.17. The molecule has 0 radical (unpaired) electrons. The lowest BCUT2D eigenvalue weighted by molar-refractivity contribution is -0.145. The molecule has 1 N–H and O–H groups in total. The molecule has 2 unspecified atom stereocenters. The molecule has 0 bridgehead atoms. The number of hydrogen-bond donors (Lipinski definition) is 1. The van der Waals surface area contributed by atoms with Crippen LogP contribution in [0.25, 0.3) is 0 Å². The van der Waals surface area contributed by atoms with Crippen LogP contribution in [0.15, 0.2) is 0 Å². The summed E-state index contributed by atoms with van der Waals surface area (Å²) in [4.78, 5) is 13.5. The van der Waals surface area contributed by atoms with Gasteiger partial charge in [-0.25, -0.2) is 0 Å². The van der Waals surface area contributed by atoms with Crippen LogP contribution in [0.2, 0.25) is 0 Å². The Morgan fingerprint density at radius 1 is 1.71 bits per heavy atom. The molecule has 0 aliphatic carbocycles. The normalized spacial score (nSPS) is 25.8. The summed E-state index contributed by atoms with van der Waals surface area (Å²) in [6.07, 6.45) is 0. The molecule has 82 valence electrons. The summed E-state index contributed by atoms with van der Waals surface area (Å²) < 4.78 is 4.70. The van der Waals surface area contributed by atoms with Crippen LogP contribution in [0.3, 0.4) is 0 Å². The van der Waals surface area contributed by atoms with Crippen LogP contribution in [-0.2, 0) is 9.53 Å². The molecule has 1 rings (SSSR count). The maximum atomic E-state index is 11.2. The third-order valence-corrected chi connectivity index (χ3v) is 2.59. The number of methoxy groups -OCH3 is 1. The zero-order valence-electron chi connectivity index (χ0n) is 9.25. The van der Waals surface area contributed by atoms with Crippen molar-refractivity contribution in [1.82, 2.24) is 10.2 Å². The molecule has 1 heterocycles. The van der Waals surface area contributed by atoms with E-state index in [1.165, 1.54) is 7.11 Å². The predicted octanol–water partition coefficient (Wildman–Crippen LogP) is 0.0892. The number of ether oxygens (including phenoxy) is 1. The first-order chi connectivity index (χ1) is 6.63. The average molecular weight is 200 g/mol. The lowest BCUT2D eigenvalue weighted by Crippen LogP contribution is -2.50. The molecule has 2 atom stereocenters. The van der Waals surface area contributed by atoms with Gasteiger partial charge >= 0.3 is 5.97 Å². The molecule has 0 spiro atoms. The molecule has 0 saturated carbocycles. The first-order valence-electron chi connectivity index (χ1n) is 5.17. The molecule has 4 nitrogen and oxygen atoms in total. The highest BCUT2D eigenvalue weighted by Gasteiger charge is 2.21. The van der Waals surface area contributed by atoms with Gasteiger partial charge in [-0.05, 0) is 6.92 Å². The zero-order chi connectivity index (χ0) is 10.6. The molecule has 14 heavy (non-hydrogen) atoms. The Morgan fingerprint density at radius 3 is 3.00 bits per heavy atom. The van der Waals surface area contributed by atoms with Crippen LogP contribution in [0.4, 0.5) is 0 Å². The Hall–Kier alpha value is -0.610. The Bertz CT molecular complexity index is 197. The van der Waals surface area contributed by atoms with Crippen LogP contribution < -0.4 is 5.32 Å². The third-order valence-electron chi connectivity index (χ3n) is 2.59. The lowest BCUT2D eigenvalue weighted by Gasteiger charge is -2.32. The Labute approximate surface area is 85.6 Å². The highest BCUT2D eigenvalue weighted by molar-refractivity contribution is 5.72. The highest BCUT2D eigenvalue weighted by atomic mass is 16.5. The second-order valence-electron chi connectivity index (χ2n) is 4.04. The van der Waals surface area contributed by atoms with Gasteiger partial charge in [0, 0.05) is 32.2 Å². The van der Waals surface area contributed by atoms with Crippen molar-refractivity contribution in [1.29, 1.82) is 0 Å². The number of rotatable bonds is 3. The minimum absolute atomic E-state index is 0.0229. The number of hydrogen-bond acceptors (Lipinski definition) is 4. The fraction of sp³-hybridized carbons (Fsp3) is 0.900. The first kappa shape index (κ1) is 11.5. The number of esters is 1. The zero-order valence-corrected chi connectivity index (χ0v) is 9.25. The molecular weight excluding hydrogens is 180 g/mol. The van der Waals surface area contributed by atoms with Crippen molar-refractivity contribution in [2.24, 2.45) is 5.92 Å². The van der Waals surface area contributed by atoms with Crippen molar-refractivity contribution < 1.29 is 9.53 Å². The van der Waals surface area contributed by atoms with Crippen LogP contribution in [-0.4, -0.2) is 50.2 Å². The molecule has 4 heteroatoms. The Balaban J connectivity index is 2.32. The number of nitrogens with zero attached hydrogens (tertiary/aromatic N) is 1. The summed E-state index contributed by atoms with van der Waals surface area (Å²) in [5.74, 6) is -0.138. The fourth-order valence-corrected chi connectivity index (χ4v) is 1.84. The molecule has 1 saturated heterocycles. The number of carbonyl (C=O) groups excluding carboxylic acids is 1. The third kappa shape index (κ3) is 3.27. The van der Waals surface area contributed by atoms with Crippen LogP contribution in [0, 0.1) is 5.92 Å². The molecule has 1 aliphatic heterocycles. The maximum absolute atomic E-state index is 11.2. The van der Waals surface area contributed by atoms with Crippen LogP contribution >= 0.6 is 0 Å². The Morgan fingerprint density at radius 2 is 2.43 bits per heavy atom. The van der Waals surface area contributed by atoms with Gasteiger partial charge in [-0.15, -0.1) is 0 Å². The van der Waals surface area contributed by atoms with E-state index in [2.05, 4.69) is 17.1 Å². The van der Waals surface area contributed by atoms with E-state index in [1.54, 1.807) is 0 Å². The molecule has 0 aromatic carbocycles. The minimum Gasteiger partial charge on any atom is -0.469 e. The number of nitrogens with one attached hydrogen (secondary N) is 1. The summed E-state index contributed by atoms with van der Waals surface area (Å²) in [5, 5.41) is 3.37. The summed E-state index contributed by atoms with van der Waals surface area (Å²) >= 11 is 0. The topological polar surface area (TPSA) is 41.6 Å². The smallest absolute Gasteiger partial charge is 0.309 e. The quantitative estimate of drug-likeness (QED) is 0.656. The van der Waals surface area contributed by atoms with Crippen molar-refractivity contribution in [2.45, 2.75) is 19.9 Å². The monoisotopic (exact) mass is 200 g/mol. The van der Waals surface area contributed by atoms with E-state index in [1.807, 2.05) is 6.92 Å².